The third-order valence-electron chi connectivity index (χ3n) is 2.48. The highest BCUT2D eigenvalue weighted by atomic mass is 16.3. The number of carbonyl (C=O) groups is 1. The van der Waals surface area contributed by atoms with Crippen LogP contribution in [0.1, 0.15) is 24.2 Å². The number of aryl methyl sites for hydroxylation is 1. The van der Waals surface area contributed by atoms with Crippen molar-refractivity contribution >= 4 is 5.91 Å². The third kappa shape index (κ3) is 1.74. The molecule has 1 saturated heterocycles. The lowest BCUT2D eigenvalue weighted by Gasteiger charge is -2.07. The number of furan rings is 1. The molecule has 2 heterocycles. The maximum atomic E-state index is 10.9. The van der Waals surface area contributed by atoms with Gasteiger partial charge >= 0.3 is 0 Å². The summed E-state index contributed by atoms with van der Waals surface area (Å²) in [6.45, 7) is 2.02. The Labute approximate surface area is 77.1 Å². The minimum Gasteiger partial charge on any atom is -0.469 e. The van der Waals surface area contributed by atoms with Crippen LogP contribution in [0.15, 0.2) is 16.7 Å². The molecule has 0 bridgehead atoms. The number of nitrogens with one attached hydrogen (secondary N) is 1. The Morgan fingerprint density at radius 2 is 2.54 bits per heavy atom. The van der Waals surface area contributed by atoms with E-state index in [0.717, 1.165) is 18.6 Å². The lowest BCUT2D eigenvalue weighted by atomic mass is 10.1. The molecule has 1 aromatic heterocycles. The van der Waals surface area contributed by atoms with Gasteiger partial charge in [0.15, 0.2) is 0 Å². The Balaban J connectivity index is 1.99. The van der Waals surface area contributed by atoms with Crippen LogP contribution in [0, 0.1) is 6.92 Å². The molecule has 1 fully saturated rings. The molecule has 1 aliphatic rings. The average Bonchev–Trinajstić information content (AvgIpc) is 2.64. The fourth-order valence-electron chi connectivity index (χ4n) is 1.67. The summed E-state index contributed by atoms with van der Waals surface area (Å²) >= 11 is 0. The molecular formula is C10H13NO2. The van der Waals surface area contributed by atoms with E-state index in [9.17, 15) is 4.79 Å². The fraction of sp³-hybridized carbons (Fsp3) is 0.500. The van der Waals surface area contributed by atoms with E-state index in [1.54, 1.807) is 6.26 Å². The SMILES string of the molecule is Cc1ccoc1CC1CCC(=O)N1. The summed E-state index contributed by atoms with van der Waals surface area (Å²) < 4.78 is 5.31. The van der Waals surface area contributed by atoms with Crippen LogP contribution >= 0.6 is 0 Å². The first kappa shape index (κ1) is 8.35. The number of hydrogen-bond donors (Lipinski definition) is 1. The van der Waals surface area contributed by atoms with Crippen LogP contribution in [0.4, 0.5) is 0 Å². The molecule has 0 aliphatic carbocycles. The van der Waals surface area contributed by atoms with Gasteiger partial charge in [-0.05, 0) is 25.0 Å². The first-order chi connectivity index (χ1) is 6.25. The fourth-order valence-corrected chi connectivity index (χ4v) is 1.67. The largest absolute Gasteiger partial charge is 0.469 e. The quantitative estimate of drug-likeness (QED) is 0.745. The molecule has 1 unspecified atom stereocenters. The minimum absolute atomic E-state index is 0.161. The van der Waals surface area contributed by atoms with Gasteiger partial charge in [-0.25, -0.2) is 0 Å². The number of carbonyl (C=O) groups excluding carboxylic acids is 1. The molecule has 0 saturated carbocycles. The Kier molecular flexibility index (Phi) is 2.08. The summed E-state index contributed by atoms with van der Waals surface area (Å²) in [5.41, 5.74) is 1.17. The molecular weight excluding hydrogens is 166 g/mol. The average molecular weight is 179 g/mol. The van der Waals surface area contributed by atoms with Gasteiger partial charge < -0.3 is 9.73 Å². The van der Waals surface area contributed by atoms with Crippen LogP contribution < -0.4 is 5.32 Å². The summed E-state index contributed by atoms with van der Waals surface area (Å²) in [6, 6.07) is 2.23. The van der Waals surface area contributed by atoms with E-state index >= 15 is 0 Å². The Hall–Kier alpha value is -1.25. The number of amides is 1. The zero-order valence-electron chi connectivity index (χ0n) is 7.67. The highest BCUT2D eigenvalue weighted by Crippen LogP contribution is 2.16. The zero-order chi connectivity index (χ0) is 9.26. The molecule has 1 atom stereocenters. The summed E-state index contributed by atoms with van der Waals surface area (Å²) in [5, 5.41) is 2.92. The smallest absolute Gasteiger partial charge is 0.220 e. The molecule has 70 valence electrons. The molecule has 1 aliphatic heterocycles. The highest BCUT2D eigenvalue weighted by Gasteiger charge is 2.22. The second-order valence-corrected chi connectivity index (χ2v) is 3.53. The zero-order valence-corrected chi connectivity index (χ0v) is 7.67. The molecule has 1 amide bonds. The van der Waals surface area contributed by atoms with Gasteiger partial charge in [0.2, 0.25) is 5.91 Å². The Morgan fingerprint density at radius 1 is 1.69 bits per heavy atom. The van der Waals surface area contributed by atoms with E-state index in [2.05, 4.69) is 5.32 Å². The van der Waals surface area contributed by atoms with Crippen molar-refractivity contribution < 1.29 is 9.21 Å². The van der Waals surface area contributed by atoms with E-state index in [4.69, 9.17) is 4.42 Å². The molecule has 0 spiro atoms. The summed E-state index contributed by atoms with van der Waals surface area (Å²) in [7, 11) is 0. The Bertz CT molecular complexity index is 316. The van der Waals surface area contributed by atoms with Gasteiger partial charge in [0, 0.05) is 18.9 Å². The van der Waals surface area contributed by atoms with E-state index in [1.807, 2.05) is 13.0 Å². The van der Waals surface area contributed by atoms with Crippen LogP contribution in [0.3, 0.4) is 0 Å². The van der Waals surface area contributed by atoms with Crippen molar-refractivity contribution in [3.63, 3.8) is 0 Å². The van der Waals surface area contributed by atoms with Gasteiger partial charge in [0.1, 0.15) is 5.76 Å². The molecule has 0 radical (unpaired) electrons. The van der Waals surface area contributed by atoms with Crippen molar-refractivity contribution in [2.75, 3.05) is 0 Å². The van der Waals surface area contributed by atoms with E-state index in [1.165, 1.54) is 5.56 Å². The van der Waals surface area contributed by atoms with Crippen molar-refractivity contribution in [2.45, 2.75) is 32.2 Å². The Morgan fingerprint density at radius 3 is 3.08 bits per heavy atom. The second-order valence-electron chi connectivity index (χ2n) is 3.53. The normalized spacial score (nSPS) is 21.9. The topological polar surface area (TPSA) is 42.2 Å². The van der Waals surface area contributed by atoms with Gasteiger partial charge in [0.25, 0.3) is 0 Å². The predicted octanol–water partition coefficient (Wildman–Crippen LogP) is 1.41. The summed E-state index contributed by atoms with van der Waals surface area (Å²) in [5.74, 6) is 1.15. The molecule has 3 nitrogen and oxygen atoms in total. The van der Waals surface area contributed by atoms with Gasteiger partial charge in [-0.3, -0.25) is 4.79 Å². The van der Waals surface area contributed by atoms with Crippen LogP contribution in [0.5, 0.6) is 0 Å². The molecule has 3 heteroatoms. The minimum atomic E-state index is 0.161. The maximum Gasteiger partial charge on any atom is 0.220 e. The third-order valence-corrected chi connectivity index (χ3v) is 2.48. The van der Waals surface area contributed by atoms with Crippen LogP contribution in [-0.4, -0.2) is 11.9 Å². The van der Waals surface area contributed by atoms with Gasteiger partial charge in [-0.15, -0.1) is 0 Å². The van der Waals surface area contributed by atoms with Crippen molar-refractivity contribution in [1.82, 2.24) is 5.32 Å². The number of rotatable bonds is 2. The molecule has 2 rings (SSSR count). The first-order valence-electron chi connectivity index (χ1n) is 4.58. The monoisotopic (exact) mass is 179 g/mol. The van der Waals surface area contributed by atoms with Crippen molar-refractivity contribution in [3.8, 4) is 0 Å². The maximum absolute atomic E-state index is 10.9. The lowest BCUT2D eigenvalue weighted by Crippen LogP contribution is -2.27. The number of hydrogen-bond acceptors (Lipinski definition) is 2. The first-order valence-corrected chi connectivity index (χ1v) is 4.58. The molecule has 13 heavy (non-hydrogen) atoms. The molecule has 1 aromatic rings. The van der Waals surface area contributed by atoms with Crippen molar-refractivity contribution in [1.29, 1.82) is 0 Å². The molecule has 1 N–H and O–H groups in total. The van der Waals surface area contributed by atoms with Crippen LogP contribution in [0.25, 0.3) is 0 Å². The predicted molar refractivity (Wildman–Crippen MR) is 48.3 cm³/mol. The lowest BCUT2D eigenvalue weighted by molar-refractivity contribution is -0.119. The van der Waals surface area contributed by atoms with Crippen molar-refractivity contribution in [2.24, 2.45) is 0 Å². The van der Waals surface area contributed by atoms with Crippen LogP contribution in [-0.2, 0) is 11.2 Å². The van der Waals surface area contributed by atoms with Crippen molar-refractivity contribution in [3.05, 3.63) is 23.7 Å². The standard InChI is InChI=1S/C10H13NO2/c1-7-4-5-13-9(7)6-8-2-3-10(12)11-8/h4-5,8H,2-3,6H2,1H3,(H,11,12). The van der Waals surface area contributed by atoms with E-state index in [0.29, 0.717) is 6.42 Å². The van der Waals surface area contributed by atoms with Crippen LogP contribution in [0.2, 0.25) is 0 Å². The van der Waals surface area contributed by atoms with E-state index < -0.39 is 0 Å². The summed E-state index contributed by atoms with van der Waals surface area (Å²) in [6.07, 6.45) is 4.11. The van der Waals surface area contributed by atoms with E-state index in [-0.39, 0.29) is 11.9 Å². The highest BCUT2D eigenvalue weighted by molar-refractivity contribution is 5.78. The van der Waals surface area contributed by atoms with Gasteiger partial charge in [-0.2, -0.15) is 0 Å². The van der Waals surface area contributed by atoms with Gasteiger partial charge in [-0.1, -0.05) is 0 Å². The van der Waals surface area contributed by atoms with Gasteiger partial charge in [0.05, 0.1) is 6.26 Å². The second kappa shape index (κ2) is 3.24. The molecule has 0 aromatic carbocycles. The summed E-state index contributed by atoms with van der Waals surface area (Å²) in [4.78, 5) is 10.9.